The fourth-order valence-corrected chi connectivity index (χ4v) is 3.54. The Labute approximate surface area is 172 Å². The van der Waals surface area contributed by atoms with Gasteiger partial charge in [-0.2, -0.15) is 13.2 Å². The SMILES string of the molecule is CC(Sc1nnc2c(Cl)cc(C(F)(F)F)cn12)C(=O)NCc1ccc(Cl)cc1. The van der Waals surface area contributed by atoms with Crippen LogP contribution in [0.25, 0.3) is 5.65 Å². The number of pyridine rings is 1. The normalized spacial score (nSPS) is 12.9. The van der Waals surface area contributed by atoms with Crippen molar-refractivity contribution in [1.29, 1.82) is 0 Å². The van der Waals surface area contributed by atoms with Crippen molar-refractivity contribution in [3.05, 3.63) is 57.7 Å². The molecule has 1 N–H and O–H groups in total. The topological polar surface area (TPSA) is 59.3 Å². The number of aromatic nitrogens is 3. The summed E-state index contributed by atoms with van der Waals surface area (Å²) in [6.07, 6.45) is -3.70. The van der Waals surface area contributed by atoms with Crippen LogP contribution in [0.3, 0.4) is 0 Å². The maximum Gasteiger partial charge on any atom is 0.417 e. The third-order valence-electron chi connectivity index (χ3n) is 3.79. The van der Waals surface area contributed by atoms with E-state index in [9.17, 15) is 18.0 Å². The number of halogens is 5. The van der Waals surface area contributed by atoms with Crippen LogP contribution in [0, 0.1) is 0 Å². The van der Waals surface area contributed by atoms with Gasteiger partial charge in [-0.15, -0.1) is 10.2 Å². The van der Waals surface area contributed by atoms with E-state index in [1.54, 1.807) is 31.2 Å². The summed E-state index contributed by atoms with van der Waals surface area (Å²) < 4.78 is 40.2. The van der Waals surface area contributed by atoms with Crippen molar-refractivity contribution in [3.63, 3.8) is 0 Å². The zero-order chi connectivity index (χ0) is 20.5. The molecule has 2 aromatic heterocycles. The van der Waals surface area contributed by atoms with E-state index in [1.807, 2.05) is 0 Å². The average molecular weight is 449 g/mol. The molecule has 0 spiro atoms. The molecule has 0 radical (unpaired) electrons. The maximum atomic E-state index is 13.0. The van der Waals surface area contributed by atoms with Crippen molar-refractivity contribution in [1.82, 2.24) is 19.9 Å². The second kappa shape index (κ2) is 8.18. The molecule has 2 heterocycles. The number of nitrogens with one attached hydrogen (secondary N) is 1. The number of fused-ring (bicyclic) bond motifs is 1. The van der Waals surface area contributed by atoms with Gasteiger partial charge < -0.3 is 5.32 Å². The van der Waals surface area contributed by atoms with Crippen LogP contribution in [0.5, 0.6) is 0 Å². The Morgan fingerprint density at radius 2 is 1.93 bits per heavy atom. The van der Waals surface area contributed by atoms with Gasteiger partial charge in [-0.05, 0) is 30.7 Å². The second-order valence-corrected chi connectivity index (χ2v) is 8.01. The third-order valence-corrected chi connectivity index (χ3v) is 5.37. The molecule has 0 aliphatic heterocycles. The first-order valence-corrected chi connectivity index (χ1v) is 9.59. The standard InChI is InChI=1S/C17H13Cl2F3N4OS/c1-9(15(27)23-7-10-2-4-12(18)5-3-10)28-16-25-24-14-13(19)6-11(8-26(14)16)17(20,21)22/h2-6,8-9H,7H2,1H3,(H,23,27). The predicted octanol–water partition coefficient (Wildman–Crippen LogP) is 4.85. The number of amides is 1. The van der Waals surface area contributed by atoms with Gasteiger partial charge in [-0.1, -0.05) is 47.1 Å². The number of rotatable bonds is 5. The number of carbonyl (C=O) groups excluding carboxylic acids is 1. The summed E-state index contributed by atoms with van der Waals surface area (Å²) in [5.41, 5.74) is 0.0295. The van der Waals surface area contributed by atoms with E-state index in [0.717, 1.165) is 34.0 Å². The van der Waals surface area contributed by atoms with Gasteiger partial charge in [0.15, 0.2) is 10.8 Å². The average Bonchev–Trinajstić information content (AvgIpc) is 3.03. The summed E-state index contributed by atoms with van der Waals surface area (Å²) >= 11 is 12.7. The molecular weight excluding hydrogens is 436 g/mol. The molecule has 28 heavy (non-hydrogen) atoms. The molecule has 5 nitrogen and oxygen atoms in total. The lowest BCUT2D eigenvalue weighted by Crippen LogP contribution is -2.30. The van der Waals surface area contributed by atoms with Gasteiger partial charge in [0.2, 0.25) is 5.91 Å². The quantitative estimate of drug-likeness (QED) is 0.566. The van der Waals surface area contributed by atoms with Crippen molar-refractivity contribution in [2.45, 2.75) is 30.1 Å². The fraction of sp³-hybridized carbons (Fsp3) is 0.235. The van der Waals surface area contributed by atoms with Gasteiger partial charge in [0, 0.05) is 17.8 Å². The zero-order valence-corrected chi connectivity index (χ0v) is 16.6. The molecule has 0 aliphatic carbocycles. The molecule has 1 unspecified atom stereocenters. The molecule has 3 aromatic rings. The Morgan fingerprint density at radius 3 is 2.57 bits per heavy atom. The number of alkyl halides is 3. The number of benzene rings is 1. The van der Waals surface area contributed by atoms with Crippen molar-refractivity contribution >= 4 is 46.5 Å². The third kappa shape index (κ3) is 4.71. The second-order valence-electron chi connectivity index (χ2n) is 5.86. The molecule has 0 aliphatic rings. The van der Waals surface area contributed by atoms with E-state index < -0.39 is 17.0 Å². The molecule has 1 atom stereocenters. The van der Waals surface area contributed by atoms with Crippen LogP contribution in [0.4, 0.5) is 13.2 Å². The Morgan fingerprint density at radius 1 is 1.25 bits per heavy atom. The van der Waals surface area contributed by atoms with E-state index in [4.69, 9.17) is 23.2 Å². The molecule has 0 saturated heterocycles. The highest BCUT2D eigenvalue weighted by atomic mass is 35.5. The predicted molar refractivity (Wildman–Crippen MR) is 102 cm³/mol. The molecule has 0 fully saturated rings. The van der Waals surface area contributed by atoms with E-state index >= 15 is 0 Å². The number of hydrogen-bond acceptors (Lipinski definition) is 4. The van der Waals surface area contributed by atoms with Crippen LogP contribution in [-0.2, 0) is 17.5 Å². The largest absolute Gasteiger partial charge is 0.417 e. The molecule has 148 valence electrons. The molecule has 0 saturated carbocycles. The van der Waals surface area contributed by atoms with E-state index in [0.29, 0.717) is 11.6 Å². The first kappa shape index (κ1) is 20.8. The van der Waals surface area contributed by atoms with Crippen LogP contribution in [0.15, 0.2) is 41.7 Å². The van der Waals surface area contributed by atoms with Crippen molar-refractivity contribution in [2.75, 3.05) is 0 Å². The summed E-state index contributed by atoms with van der Waals surface area (Å²) in [6, 6.07) is 7.79. The van der Waals surface area contributed by atoms with Gasteiger partial charge in [0.05, 0.1) is 15.8 Å². The Balaban J connectivity index is 1.73. The number of hydrogen-bond donors (Lipinski definition) is 1. The van der Waals surface area contributed by atoms with Crippen LogP contribution >= 0.6 is 35.0 Å². The van der Waals surface area contributed by atoms with Crippen LogP contribution in [0.1, 0.15) is 18.1 Å². The molecule has 11 heteroatoms. The van der Waals surface area contributed by atoms with Gasteiger partial charge in [0.1, 0.15) is 0 Å². The number of carbonyl (C=O) groups is 1. The smallest absolute Gasteiger partial charge is 0.351 e. The highest BCUT2D eigenvalue weighted by Crippen LogP contribution is 2.33. The number of nitrogens with zero attached hydrogens (tertiary/aromatic N) is 3. The Hall–Kier alpha value is -1.97. The molecule has 1 aromatic carbocycles. The zero-order valence-electron chi connectivity index (χ0n) is 14.3. The van der Waals surface area contributed by atoms with Crippen LogP contribution < -0.4 is 5.32 Å². The van der Waals surface area contributed by atoms with E-state index in [1.165, 1.54) is 0 Å². The lowest BCUT2D eigenvalue weighted by atomic mass is 10.2. The highest BCUT2D eigenvalue weighted by Gasteiger charge is 2.32. The molecule has 1 amide bonds. The fourth-order valence-electron chi connectivity index (χ4n) is 2.32. The highest BCUT2D eigenvalue weighted by molar-refractivity contribution is 8.00. The monoisotopic (exact) mass is 448 g/mol. The van der Waals surface area contributed by atoms with Crippen molar-refractivity contribution in [3.8, 4) is 0 Å². The molecule has 0 bridgehead atoms. The summed E-state index contributed by atoms with van der Waals surface area (Å²) in [7, 11) is 0. The maximum absolute atomic E-state index is 13.0. The van der Waals surface area contributed by atoms with E-state index in [-0.39, 0.29) is 21.7 Å². The molecular formula is C17H13Cl2F3N4OS. The first-order chi connectivity index (χ1) is 13.1. The first-order valence-electron chi connectivity index (χ1n) is 7.95. The van der Waals surface area contributed by atoms with Gasteiger partial charge in [-0.3, -0.25) is 9.20 Å². The summed E-state index contributed by atoms with van der Waals surface area (Å²) in [5, 5.41) is 10.4. The Bertz CT molecular complexity index is 1010. The van der Waals surface area contributed by atoms with Gasteiger partial charge >= 0.3 is 6.18 Å². The van der Waals surface area contributed by atoms with Gasteiger partial charge in [-0.25, -0.2) is 0 Å². The van der Waals surface area contributed by atoms with E-state index in [2.05, 4.69) is 15.5 Å². The minimum absolute atomic E-state index is 0.0888. The lowest BCUT2D eigenvalue weighted by molar-refractivity contribution is -0.137. The molecule has 3 rings (SSSR count). The minimum atomic E-state index is -4.56. The van der Waals surface area contributed by atoms with Crippen molar-refractivity contribution in [2.24, 2.45) is 0 Å². The Kier molecular flexibility index (Phi) is 6.07. The van der Waals surface area contributed by atoms with Gasteiger partial charge in [0.25, 0.3) is 0 Å². The number of thioether (sulfide) groups is 1. The van der Waals surface area contributed by atoms with Crippen LogP contribution in [-0.4, -0.2) is 25.8 Å². The summed E-state index contributed by atoms with van der Waals surface area (Å²) in [5.74, 6) is -0.297. The summed E-state index contributed by atoms with van der Waals surface area (Å²) in [4.78, 5) is 12.3. The lowest BCUT2D eigenvalue weighted by Gasteiger charge is -2.12. The van der Waals surface area contributed by atoms with Crippen LogP contribution in [0.2, 0.25) is 10.0 Å². The summed E-state index contributed by atoms with van der Waals surface area (Å²) in [6.45, 7) is 1.92. The van der Waals surface area contributed by atoms with Crippen molar-refractivity contribution < 1.29 is 18.0 Å². The minimum Gasteiger partial charge on any atom is -0.351 e.